The molecular weight excluding hydrogens is 242 g/mol. The Hall–Kier alpha value is -1.55. The maximum Gasteiger partial charge on any atom is 0.281 e. The Morgan fingerprint density at radius 2 is 2.00 bits per heavy atom. The molecule has 4 nitrogen and oxygen atoms in total. The second kappa shape index (κ2) is 6.57. The topological polar surface area (TPSA) is 47.6 Å². The van der Waals surface area contributed by atoms with Crippen LogP contribution < -0.4 is 10.2 Å². The van der Waals surface area contributed by atoms with Gasteiger partial charge in [0.2, 0.25) is 0 Å². The number of nitrogens with one attached hydrogen (secondary N) is 1. The summed E-state index contributed by atoms with van der Waals surface area (Å²) in [6.07, 6.45) is 4.58. The Labute approximate surface area is 114 Å². The van der Waals surface area contributed by atoms with Gasteiger partial charge in [0.05, 0.1) is 6.10 Å². The van der Waals surface area contributed by atoms with E-state index in [2.05, 4.69) is 5.48 Å². The van der Waals surface area contributed by atoms with Crippen molar-refractivity contribution in [3.63, 3.8) is 0 Å². The number of hydroxylamine groups is 1. The van der Waals surface area contributed by atoms with Crippen molar-refractivity contribution in [1.29, 1.82) is 0 Å². The first-order valence-electron chi connectivity index (χ1n) is 6.79. The quantitative estimate of drug-likeness (QED) is 0.831. The Morgan fingerprint density at radius 3 is 2.68 bits per heavy atom. The summed E-state index contributed by atoms with van der Waals surface area (Å²) >= 11 is 0. The summed E-state index contributed by atoms with van der Waals surface area (Å²) in [5, 5.41) is 0. The first-order valence-corrected chi connectivity index (χ1v) is 6.79. The van der Waals surface area contributed by atoms with Crippen LogP contribution in [0.2, 0.25) is 0 Å². The largest absolute Gasteiger partial charge is 0.484 e. The fourth-order valence-corrected chi connectivity index (χ4v) is 2.14. The van der Waals surface area contributed by atoms with Crippen molar-refractivity contribution in [2.45, 2.75) is 45.6 Å². The van der Waals surface area contributed by atoms with E-state index in [1.807, 2.05) is 32.0 Å². The number of hydrogen-bond acceptors (Lipinski definition) is 3. The van der Waals surface area contributed by atoms with Gasteiger partial charge in [-0.05, 0) is 49.9 Å². The van der Waals surface area contributed by atoms with Crippen LogP contribution in [0, 0.1) is 13.8 Å². The predicted molar refractivity (Wildman–Crippen MR) is 72.9 cm³/mol. The maximum atomic E-state index is 11.6. The summed E-state index contributed by atoms with van der Waals surface area (Å²) < 4.78 is 5.43. The molecule has 1 fully saturated rings. The highest BCUT2D eigenvalue weighted by molar-refractivity contribution is 5.76. The van der Waals surface area contributed by atoms with Gasteiger partial charge in [-0.2, -0.15) is 0 Å². The lowest BCUT2D eigenvalue weighted by Crippen LogP contribution is -2.32. The monoisotopic (exact) mass is 263 g/mol. The molecule has 1 N–H and O–H groups in total. The average molecular weight is 263 g/mol. The zero-order chi connectivity index (χ0) is 13.7. The Morgan fingerprint density at radius 1 is 1.26 bits per heavy atom. The van der Waals surface area contributed by atoms with Crippen LogP contribution in [0.1, 0.15) is 36.8 Å². The van der Waals surface area contributed by atoms with E-state index in [-0.39, 0.29) is 18.6 Å². The molecule has 1 aliphatic carbocycles. The third kappa shape index (κ3) is 4.24. The second-order valence-electron chi connectivity index (χ2n) is 5.08. The van der Waals surface area contributed by atoms with Gasteiger partial charge in [0.25, 0.3) is 5.91 Å². The van der Waals surface area contributed by atoms with Crippen LogP contribution >= 0.6 is 0 Å². The lowest BCUT2D eigenvalue weighted by Gasteiger charge is -2.12. The van der Waals surface area contributed by atoms with Crippen molar-refractivity contribution in [1.82, 2.24) is 5.48 Å². The summed E-state index contributed by atoms with van der Waals surface area (Å²) in [5.41, 5.74) is 4.82. The summed E-state index contributed by atoms with van der Waals surface area (Å²) in [4.78, 5) is 16.9. The number of amides is 1. The van der Waals surface area contributed by atoms with Gasteiger partial charge in [0, 0.05) is 0 Å². The summed E-state index contributed by atoms with van der Waals surface area (Å²) in [7, 11) is 0. The Balaban J connectivity index is 1.71. The maximum absolute atomic E-state index is 11.6. The van der Waals surface area contributed by atoms with Gasteiger partial charge >= 0.3 is 0 Å². The number of carbonyl (C=O) groups is 1. The third-order valence-electron chi connectivity index (χ3n) is 3.49. The SMILES string of the molecule is Cc1ccc(OCC(=O)NOC2CCCC2)cc1C. The van der Waals surface area contributed by atoms with Gasteiger partial charge in [-0.25, -0.2) is 5.48 Å². The third-order valence-corrected chi connectivity index (χ3v) is 3.49. The molecule has 0 aromatic heterocycles. The standard InChI is InChI=1S/C15H21NO3/c1-11-7-8-14(9-12(11)2)18-10-15(17)16-19-13-5-3-4-6-13/h7-9,13H,3-6,10H2,1-2H3,(H,16,17). The van der Waals surface area contributed by atoms with Gasteiger partial charge < -0.3 is 4.74 Å². The second-order valence-corrected chi connectivity index (χ2v) is 5.08. The number of carbonyl (C=O) groups excluding carboxylic acids is 1. The van der Waals surface area contributed by atoms with E-state index in [9.17, 15) is 4.79 Å². The van der Waals surface area contributed by atoms with Crippen molar-refractivity contribution in [3.05, 3.63) is 29.3 Å². The molecule has 0 radical (unpaired) electrons. The highest BCUT2D eigenvalue weighted by Crippen LogP contribution is 2.20. The molecule has 0 heterocycles. The molecule has 4 heteroatoms. The minimum atomic E-state index is -0.245. The van der Waals surface area contributed by atoms with E-state index in [4.69, 9.17) is 9.57 Å². The van der Waals surface area contributed by atoms with Crippen LogP contribution in [-0.2, 0) is 9.63 Å². The molecule has 1 saturated carbocycles. The molecule has 2 rings (SSSR count). The summed E-state index contributed by atoms with van der Waals surface area (Å²) in [6, 6.07) is 5.78. The Bertz CT molecular complexity index is 439. The minimum Gasteiger partial charge on any atom is -0.484 e. The van der Waals surface area contributed by atoms with Gasteiger partial charge in [-0.15, -0.1) is 0 Å². The van der Waals surface area contributed by atoms with Crippen LogP contribution in [0.3, 0.4) is 0 Å². The van der Waals surface area contributed by atoms with E-state index in [1.165, 1.54) is 18.4 Å². The number of hydrogen-bond donors (Lipinski definition) is 1. The molecule has 0 saturated heterocycles. The molecule has 19 heavy (non-hydrogen) atoms. The van der Waals surface area contributed by atoms with E-state index < -0.39 is 0 Å². The molecule has 1 aromatic rings. The minimum absolute atomic E-state index is 0.0186. The lowest BCUT2D eigenvalue weighted by molar-refractivity contribution is -0.140. The van der Waals surface area contributed by atoms with Crippen molar-refractivity contribution >= 4 is 5.91 Å². The lowest BCUT2D eigenvalue weighted by atomic mass is 10.1. The normalized spacial score (nSPS) is 15.5. The number of ether oxygens (including phenoxy) is 1. The van der Waals surface area contributed by atoms with E-state index in [0.29, 0.717) is 5.75 Å². The van der Waals surface area contributed by atoms with Crippen LogP contribution in [0.4, 0.5) is 0 Å². The van der Waals surface area contributed by atoms with Crippen LogP contribution in [-0.4, -0.2) is 18.6 Å². The fourth-order valence-electron chi connectivity index (χ4n) is 2.14. The van der Waals surface area contributed by atoms with E-state index in [1.54, 1.807) is 0 Å². The Kier molecular flexibility index (Phi) is 4.80. The van der Waals surface area contributed by atoms with Crippen molar-refractivity contribution in [3.8, 4) is 5.75 Å². The van der Waals surface area contributed by atoms with Gasteiger partial charge in [0.1, 0.15) is 5.75 Å². The highest BCUT2D eigenvalue weighted by atomic mass is 16.7. The molecule has 0 spiro atoms. The molecule has 0 aliphatic heterocycles. The van der Waals surface area contributed by atoms with Crippen molar-refractivity contribution < 1.29 is 14.4 Å². The molecule has 0 atom stereocenters. The van der Waals surface area contributed by atoms with Crippen LogP contribution in [0.5, 0.6) is 5.75 Å². The van der Waals surface area contributed by atoms with Gasteiger partial charge in [-0.3, -0.25) is 9.63 Å². The summed E-state index contributed by atoms with van der Waals surface area (Å²) in [5.74, 6) is 0.462. The average Bonchev–Trinajstić information content (AvgIpc) is 2.91. The zero-order valence-electron chi connectivity index (χ0n) is 11.6. The zero-order valence-corrected chi connectivity index (χ0v) is 11.6. The van der Waals surface area contributed by atoms with Gasteiger partial charge in [0.15, 0.2) is 6.61 Å². The van der Waals surface area contributed by atoms with Crippen LogP contribution in [0.15, 0.2) is 18.2 Å². The fraction of sp³-hybridized carbons (Fsp3) is 0.533. The van der Waals surface area contributed by atoms with Gasteiger partial charge in [-0.1, -0.05) is 18.9 Å². The molecule has 1 aliphatic rings. The summed E-state index contributed by atoms with van der Waals surface area (Å²) in [6.45, 7) is 4.04. The molecular formula is C15H21NO3. The van der Waals surface area contributed by atoms with E-state index >= 15 is 0 Å². The number of benzene rings is 1. The first kappa shape index (κ1) is 13.9. The smallest absolute Gasteiger partial charge is 0.281 e. The first-order chi connectivity index (χ1) is 9.15. The highest BCUT2D eigenvalue weighted by Gasteiger charge is 2.16. The van der Waals surface area contributed by atoms with Crippen molar-refractivity contribution in [2.24, 2.45) is 0 Å². The molecule has 0 bridgehead atoms. The van der Waals surface area contributed by atoms with Crippen LogP contribution in [0.25, 0.3) is 0 Å². The van der Waals surface area contributed by atoms with E-state index in [0.717, 1.165) is 18.4 Å². The molecule has 1 aromatic carbocycles. The molecule has 1 amide bonds. The molecule has 0 unspecified atom stereocenters. The molecule has 104 valence electrons. The number of rotatable bonds is 5. The predicted octanol–water partition coefficient (Wildman–Crippen LogP) is 2.67. The van der Waals surface area contributed by atoms with Crippen molar-refractivity contribution in [2.75, 3.05) is 6.61 Å². The number of aryl methyl sites for hydroxylation is 2.